The highest BCUT2D eigenvalue weighted by atomic mass is 31.2. The summed E-state index contributed by atoms with van der Waals surface area (Å²) >= 11 is 0. The van der Waals surface area contributed by atoms with Crippen LogP contribution in [0.2, 0.25) is 0 Å². The van der Waals surface area contributed by atoms with Crippen molar-refractivity contribution in [3.05, 3.63) is 85.1 Å². The Morgan fingerprint density at radius 1 is 0.545 bits per heavy atom. The van der Waals surface area contributed by atoms with E-state index >= 15 is 0 Å². The molecular formula is C47H76O17P2. The van der Waals surface area contributed by atoms with Gasteiger partial charge in [0.1, 0.15) is 43.2 Å². The number of aliphatic hydroxyl groups is 4. The SMILES string of the molecule is CC/C=C\C/C=C\C/C=C\CCCCCCCC(=O)OC[C@H](COP(=O)(O)O[C@H]1C(O)C(O)C(O)[C@@H](OP(=O)(O)O)C1O)OC(=O)CCC/C=C\C/C=C\C/C=C\C=C\C(=O)CCCCC. The molecule has 0 saturated heterocycles. The van der Waals surface area contributed by atoms with Gasteiger partial charge in [-0.05, 0) is 76.7 Å². The van der Waals surface area contributed by atoms with Gasteiger partial charge in [-0.2, -0.15) is 0 Å². The zero-order valence-corrected chi connectivity index (χ0v) is 40.4. The first-order valence-corrected chi connectivity index (χ1v) is 26.1. The first-order valence-electron chi connectivity index (χ1n) is 23.1. The molecule has 7 N–H and O–H groups in total. The van der Waals surface area contributed by atoms with Crippen LogP contribution in [0, 0.1) is 0 Å². The second-order valence-electron chi connectivity index (χ2n) is 15.8. The number of hydrogen-bond acceptors (Lipinski definition) is 14. The van der Waals surface area contributed by atoms with Crippen LogP contribution in [0.25, 0.3) is 0 Å². The molecule has 8 atom stereocenters. The number of hydrogen-bond donors (Lipinski definition) is 7. The Labute approximate surface area is 390 Å². The molecule has 66 heavy (non-hydrogen) atoms. The number of aliphatic hydroxyl groups excluding tert-OH is 4. The van der Waals surface area contributed by atoms with Gasteiger partial charge in [0.25, 0.3) is 0 Å². The summed E-state index contributed by atoms with van der Waals surface area (Å²) < 4.78 is 49.2. The molecule has 0 heterocycles. The third kappa shape index (κ3) is 31.0. The highest BCUT2D eigenvalue weighted by molar-refractivity contribution is 7.47. The Bertz CT molecular complexity index is 1670. The van der Waals surface area contributed by atoms with Gasteiger partial charge in [0.05, 0.1) is 6.61 Å². The molecule has 19 heteroatoms. The fraction of sp³-hybridized carbons (Fsp3) is 0.638. The molecule has 1 aliphatic carbocycles. The van der Waals surface area contributed by atoms with Crippen LogP contribution in [-0.4, -0.2) is 109 Å². The van der Waals surface area contributed by atoms with E-state index in [0.29, 0.717) is 38.5 Å². The summed E-state index contributed by atoms with van der Waals surface area (Å²) in [5.74, 6) is -1.21. The number of esters is 2. The van der Waals surface area contributed by atoms with E-state index in [1.165, 1.54) is 0 Å². The third-order valence-electron chi connectivity index (χ3n) is 9.93. The van der Waals surface area contributed by atoms with Crippen LogP contribution < -0.4 is 0 Å². The molecule has 1 saturated carbocycles. The second kappa shape index (κ2) is 36.8. The molecule has 0 aromatic rings. The van der Waals surface area contributed by atoms with Crippen LogP contribution in [0.4, 0.5) is 0 Å². The van der Waals surface area contributed by atoms with Gasteiger partial charge in [-0.3, -0.25) is 28.0 Å². The predicted molar refractivity (Wildman–Crippen MR) is 250 cm³/mol. The van der Waals surface area contributed by atoms with Gasteiger partial charge < -0.3 is 44.6 Å². The van der Waals surface area contributed by atoms with Crippen molar-refractivity contribution >= 4 is 33.4 Å². The predicted octanol–water partition coefficient (Wildman–Crippen LogP) is 7.79. The van der Waals surface area contributed by atoms with Gasteiger partial charge in [0, 0.05) is 19.3 Å². The molecule has 0 spiro atoms. The summed E-state index contributed by atoms with van der Waals surface area (Å²) in [5, 5.41) is 41.2. The standard InChI is InChI=1S/C47H76O17P2/c1-3-5-7-8-9-10-11-12-13-14-17-20-23-26-30-34-40(49)60-36-39(37-61-66(58,59)64-47-44(53)42(51)43(52)46(45(47)54)63-65(55,56)57)62-41(50)35-31-27-24-21-18-15-16-19-22-25-29-33-38(48)32-28-6-4-2/h5,7,9-10,12-13,15-16,21-22,24-25,29,33,39,42-47,51-54H,3-4,6,8,11,14,17-20,23,26-28,30-32,34-37H2,1-2H3,(H,58,59)(H2,55,56,57)/b7-5-,10-9-,13-12-,16-15-,24-21-,25-22-,33-29+/t39-,42?,43?,44?,45?,46-,47+/m1/s1. The maximum Gasteiger partial charge on any atom is 0.472 e. The number of phosphoric ester groups is 2. The smallest absolute Gasteiger partial charge is 0.462 e. The quantitative estimate of drug-likeness (QED) is 0.00781. The third-order valence-corrected chi connectivity index (χ3v) is 11.4. The molecule has 376 valence electrons. The molecule has 17 nitrogen and oxygen atoms in total. The van der Waals surface area contributed by atoms with Gasteiger partial charge in [-0.15, -0.1) is 0 Å². The zero-order chi connectivity index (χ0) is 49.1. The topological polar surface area (TPSA) is 273 Å². The summed E-state index contributed by atoms with van der Waals surface area (Å²) in [4.78, 5) is 66.0. The number of unbranched alkanes of at least 4 members (excludes halogenated alkanes) is 8. The number of carbonyl (C=O) groups excluding carboxylic acids is 3. The van der Waals surface area contributed by atoms with Crippen molar-refractivity contribution in [2.75, 3.05) is 13.2 Å². The van der Waals surface area contributed by atoms with Crippen LogP contribution in [0.3, 0.4) is 0 Å². The number of rotatable bonds is 37. The van der Waals surface area contributed by atoms with Gasteiger partial charge in [0.15, 0.2) is 11.9 Å². The molecule has 0 radical (unpaired) electrons. The number of phosphoric acid groups is 2. The lowest BCUT2D eigenvalue weighted by atomic mass is 9.85. The van der Waals surface area contributed by atoms with Crippen LogP contribution in [0.1, 0.15) is 136 Å². The van der Waals surface area contributed by atoms with Crippen LogP contribution in [-0.2, 0) is 46.6 Å². The lowest BCUT2D eigenvalue weighted by Crippen LogP contribution is -2.64. The summed E-state index contributed by atoms with van der Waals surface area (Å²) in [6, 6.07) is 0. The summed E-state index contributed by atoms with van der Waals surface area (Å²) in [7, 11) is -10.7. The van der Waals surface area contributed by atoms with Gasteiger partial charge in [0.2, 0.25) is 0 Å². The highest BCUT2D eigenvalue weighted by Crippen LogP contribution is 2.49. The lowest BCUT2D eigenvalue weighted by molar-refractivity contribution is -0.216. The minimum absolute atomic E-state index is 0.0667. The van der Waals surface area contributed by atoms with Crippen molar-refractivity contribution in [3.63, 3.8) is 0 Å². The summed E-state index contributed by atoms with van der Waals surface area (Å²) in [5.41, 5.74) is 0. The van der Waals surface area contributed by atoms with E-state index in [2.05, 4.69) is 54.8 Å². The fourth-order valence-electron chi connectivity index (χ4n) is 6.34. The summed E-state index contributed by atoms with van der Waals surface area (Å²) in [6.07, 6.45) is 26.8. The maximum absolute atomic E-state index is 13.0. The molecule has 5 unspecified atom stereocenters. The van der Waals surface area contributed by atoms with E-state index in [0.717, 1.165) is 70.6 Å². The monoisotopic (exact) mass is 974 g/mol. The van der Waals surface area contributed by atoms with Crippen molar-refractivity contribution in [2.45, 2.75) is 179 Å². The van der Waals surface area contributed by atoms with Gasteiger partial charge >= 0.3 is 27.6 Å². The van der Waals surface area contributed by atoms with Crippen molar-refractivity contribution in [3.8, 4) is 0 Å². The van der Waals surface area contributed by atoms with Gasteiger partial charge in [-0.1, -0.05) is 125 Å². The van der Waals surface area contributed by atoms with E-state index in [1.807, 2.05) is 36.5 Å². The van der Waals surface area contributed by atoms with E-state index in [1.54, 1.807) is 12.2 Å². The molecule has 1 aliphatic rings. The first-order chi connectivity index (χ1) is 31.5. The van der Waals surface area contributed by atoms with Crippen molar-refractivity contribution < 1.29 is 81.7 Å². The Hall–Kier alpha value is -3.15. The molecule has 1 rings (SSSR count). The molecule has 0 aromatic carbocycles. The average molecular weight is 975 g/mol. The molecule has 1 fully saturated rings. The normalized spacial score (nSPS) is 22.2. The van der Waals surface area contributed by atoms with E-state index in [-0.39, 0.29) is 18.6 Å². The number of ether oxygens (including phenoxy) is 2. The van der Waals surface area contributed by atoms with Gasteiger partial charge in [-0.25, -0.2) is 9.13 Å². The Balaban J connectivity index is 2.68. The maximum atomic E-state index is 13.0. The molecule has 0 bridgehead atoms. The number of allylic oxidation sites excluding steroid dienone is 14. The van der Waals surface area contributed by atoms with Crippen molar-refractivity contribution in [1.82, 2.24) is 0 Å². The Morgan fingerprint density at radius 2 is 1.08 bits per heavy atom. The largest absolute Gasteiger partial charge is 0.472 e. The summed E-state index contributed by atoms with van der Waals surface area (Å²) in [6.45, 7) is 2.76. The minimum atomic E-state index is -5.38. The minimum Gasteiger partial charge on any atom is -0.462 e. The van der Waals surface area contributed by atoms with Crippen LogP contribution in [0.5, 0.6) is 0 Å². The Morgan fingerprint density at radius 3 is 1.70 bits per heavy atom. The lowest BCUT2D eigenvalue weighted by Gasteiger charge is -2.43. The zero-order valence-electron chi connectivity index (χ0n) is 38.6. The molecule has 0 aromatic heterocycles. The first kappa shape index (κ1) is 60.9. The molecule has 0 amide bonds. The van der Waals surface area contributed by atoms with E-state index in [9.17, 15) is 48.8 Å². The van der Waals surface area contributed by atoms with Crippen molar-refractivity contribution in [1.29, 1.82) is 0 Å². The number of ketones is 1. The highest BCUT2D eigenvalue weighted by Gasteiger charge is 2.54. The van der Waals surface area contributed by atoms with E-state index in [4.69, 9.17) is 28.3 Å². The molecule has 0 aliphatic heterocycles. The fourth-order valence-corrected chi connectivity index (χ4v) is 7.88. The molecular weight excluding hydrogens is 898 g/mol. The van der Waals surface area contributed by atoms with Crippen LogP contribution >= 0.6 is 15.6 Å². The average Bonchev–Trinajstić information content (AvgIpc) is 3.26. The van der Waals surface area contributed by atoms with E-state index < -0.39 is 83.5 Å². The second-order valence-corrected chi connectivity index (χ2v) is 18.4. The Kier molecular flexibility index (Phi) is 34.0. The van der Waals surface area contributed by atoms with Crippen LogP contribution in [0.15, 0.2) is 85.1 Å². The van der Waals surface area contributed by atoms with Crippen molar-refractivity contribution in [2.24, 2.45) is 0 Å². The number of carbonyl (C=O) groups is 3.